The first-order valence-corrected chi connectivity index (χ1v) is 8.10. The molecular formula is C18H19N5O. The minimum atomic E-state index is 0.206. The normalized spacial score (nSPS) is 15.0. The van der Waals surface area contributed by atoms with Crippen molar-refractivity contribution in [3.63, 3.8) is 0 Å². The van der Waals surface area contributed by atoms with E-state index >= 15 is 0 Å². The highest BCUT2D eigenvalue weighted by molar-refractivity contribution is 5.89. The van der Waals surface area contributed by atoms with Crippen LogP contribution >= 0.6 is 0 Å². The molecule has 6 nitrogen and oxygen atoms in total. The van der Waals surface area contributed by atoms with Gasteiger partial charge in [-0.05, 0) is 42.6 Å². The van der Waals surface area contributed by atoms with Gasteiger partial charge in [0.15, 0.2) is 5.82 Å². The summed E-state index contributed by atoms with van der Waals surface area (Å²) in [5.41, 5.74) is 2.26. The van der Waals surface area contributed by atoms with Gasteiger partial charge in [0.25, 0.3) is 0 Å². The van der Waals surface area contributed by atoms with Crippen LogP contribution in [0.4, 0.5) is 5.82 Å². The Labute approximate surface area is 140 Å². The Bertz CT molecular complexity index is 872. The number of nitrogens with one attached hydrogen (secondary N) is 1. The first-order chi connectivity index (χ1) is 11.7. The van der Waals surface area contributed by atoms with Crippen molar-refractivity contribution >= 4 is 16.6 Å². The van der Waals surface area contributed by atoms with Crippen LogP contribution in [0.15, 0.2) is 36.5 Å². The molecule has 4 rings (SSSR count). The number of aromatic nitrogens is 3. The van der Waals surface area contributed by atoms with Gasteiger partial charge in [0.2, 0.25) is 0 Å². The van der Waals surface area contributed by atoms with Crippen LogP contribution in [0.5, 0.6) is 5.75 Å². The van der Waals surface area contributed by atoms with Crippen LogP contribution in [0.3, 0.4) is 0 Å². The maximum atomic E-state index is 10.4. The number of nitrogens with zero attached hydrogens (tertiary/aromatic N) is 4. The van der Waals surface area contributed by atoms with Gasteiger partial charge in [-0.2, -0.15) is 0 Å². The molecule has 1 aromatic carbocycles. The number of hydrogen-bond acceptors (Lipinski definition) is 6. The lowest BCUT2D eigenvalue weighted by molar-refractivity contribution is 0.478. The van der Waals surface area contributed by atoms with Crippen LogP contribution in [0.2, 0.25) is 0 Å². The Hall–Kier alpha value is -2.73. The molecule has 3 aromatic rings. The topological polar surface area (TPSA) is 74.2 Å². The number of fused-ring (bicyclic) bond motifs is 1. The number of hydrogen-bond donors (Lipinski definition) is 2. The Morgan fingerprint density at radius 1 is 1.04 bits per heavy atom. The molecule has 1 saturated heterocycles. The van der Waals surface area contributed by atoms with Crippen LogP contribution in [0.1, 0.15) is 5.69 Å². The monoisotopic (exact) mass is 321 g/mol. The van der Waals surface area contributed by atoms with Crippen molar-refractivity contribution in [3.05, 3.63) is 42.2 Å². The minimum absolute atomic E-state index is 0.206. The molecule has 6 heteroatoms. The molecular weight excluding hydrogens is 302 g/mol. The van der Waals surface area contributed by atoms with Crippen molar-refractivity contribution in [1.29, 1.82) is 0 Å². The van der Waals surface area contributed by atoms with Gasteiger partial charge in [-0.1, -0.05) is 0 Å². The molecule has 24 heavy (non-hydrogen) atoms. The number of phenolic OH excluding ortho intramolecular Hbond substituents is 1. The number of anilines is 1. The number of benzene rings is 1. The Kier molecular flexibility index (Phi) is 3.74. The first-order valence-electron chi connectivity index (χ1n) is 8.10. The largest absolute Gasteiger partial charge is 0.507 e. The number of pyridine rings is 1. The molecule has 0 saturated carbocycles. The summed E-state index contributed by atoms with van der Waals surface area (Å²) in [7, 11) is 0. The average Bonchev–Trinajstić information content (AvgIpc) is 2.62. The van der Waals surface area contributed by atoms with E-state index in [0.717, 1.165) is 48.5 Å². The molecule has 0 aliphatic carbocycles. The highest BCUT2D eigenvalue weighted by Crippen LogP contribution is 2.32. The van der Waals surface area contributed by atoms with Crippen LogP contribution in [-0.4, -0.2) is 46.5 Å². The zero-order chi connectivity index (χ0) is 16.5. The van der Waals surface area contributed by atoms with Gasteiger partial charge in [-0.3, -0.25) is 4.98 Å². The first kappa shape index (κ1) is 14.8. The minimum Gasteiger partial charge on any atom is -0.507 e. The summed E-state index contributed by atoms with van der Waals surface area (Å²) < 4.78 is 0. The fourth-order valence-electron chi connectivity index (χ4n) is 3.03. The van der Waals surface area contributed by atoms with Crippen molar-refractivity contribution in [2.75, 3.05) is 31.1 Å². The molecule has 0 atom stereocenters. The van der Waals surface area contributed by atoms with E-state index in [1.165, 1.54) is 0 Å². The van der Waals surface area contributed by atoms with E-state index < -0.39 is 0 Å². The predicted octanol–water partition coefficient (Wildman–Crippen LogP) is 2.12. The Morgan fingerprint density at radius 2 is 1.88 bits per heavy atom. The number of aryl methyl sites for hydroxylation is 1. The summed E-state index contributed by atoms with van der Waals surface area (Å²) in [6, 6.07) is 9.49. The third-order valence-electron chi connectivity index (χ3n) is 4.34. The van der Waals surface area contributed by atoms with Crippen LogP contribution in [0.25, 0.3) is 22.0 Å². The van der Waals surface area contributed by atoms with Gasteiger partial charge in [0.1, 0.15) is 5.75 Å². The summed E-state index contributed by atoms with van der Waals surface area (Å²) in [6.07, 6.45) is 1.82. The lowest BCUT2D eigenvalue weighted by Crippen LogP contribution is -2.43. The molecule has 0 bridgehead atoms. The van der Waals surface area contributed by atoms with Crippen LogP contribution in [0, 0.1) is 6.92 Å². The van der Waals surface area contributed by atoms with Gasteiger partial charge < -0.3 is 15.3 Å². The van der Waals surface area contributed by atoms with E-state index in [4.69, 9.17) is 0 Å². The van der Waals surface area contributed by atoms with Gasteiger partial charge in [0.05, 0.1) is 5.69 Å². The van der Waals surface area contributed by atoms with Gasteiger partial charge >= 0.3 is 0 Å². The second kappa shape index (κ2) is 6.05. The highest BCUT2D eigenvalue weighted by Gasteiger charge is 2.14. The SMILES string of the molecule is Cc1cc2cc(O)c(-c3ccc(N4CCNCC4)nn3)cc2cn1. The summed E-state index contributed by atoms with van der Waals surface area (Å²) >= 11 is 0. The van der Waals surface area contributed by atoms with Gasteiger partial charge in [0, 0.05) is 49.0 Å². The molecule has 3 heterocycles. The molecule has 0 spiro atoms. The standard InChI is InChI=1S/C18H19N5O/c1-12-8-13-10-17(24)15(9-14(13)11-20-12)16-2-3-18(22-21-16)23-6-4-19-5-7-23/h2-3,8-11,19,24H,4-7H2,1H3. The smallest absolute Gasteiger partial charge is 0.151 e. The fourth-order valence-corrected chi connectivity index (χ4v) is 3.03. The molecule has 1 aliphatic rings. The van der Waals surface area contributed by atoms with Crippen molar-refractivity contribution < 1.29 is 5.11 Å². The molecule has 2 N–H and O–H groups in total. The Balaban J connectivity index is 1.69. The quantitative estimate of drug-likeness (QED) is 0.753. The van der Waals surface area contributed by atoms with Gasteiger partial charge in [-0.15, -0.1) is 10.2 Å². The van der Waals surface area contributed by atoms with Gasteiger partial charge in [-0.25, -0.2) is 0 Å². The molecule has 1 aliphatic heterocycles. The molecule has 0 unspecified atom stereocenters. The van der Waals surface area contributed by atoms with Crippen LogP contribution in [-0.2, 0) is 0 Å². The number of rotatable bonds is 2. The number of piperazine rings is 1. The third kappa shape index (κ3) is 2.76. The molecule has 122 valence electrons. The van der Waals surface area contributed by atoms with E-state index in [0.29, 0.717) is 11.3 Å². The summed E-state index contributed by atoms with van der Waals surface area (Å²) in [6.45, 7) is 5.72. The van der Waals surface area contributed by atoms with E-state index in [-0.39, 0.29) is 5.75 Å². The maximum Gasteiger partial charge on any atom is 0.151 e. The summed E-state index contributed by atoms with van der Waals surface area (Å²) in [5.74, 6) is 1.08. The van der Waals surface area contributed by atoms with E-state index in [9.17, 15) is 5.11 Å². The highest BCUT2D eigenvalue weighted by atomic mass is 16.3. The van der Waals surface area contributed by atoms with Crippen molar-refractivity contribution in [2.45, 2.75) is 6.92 Å². The predicted molar refractivity (Wildman–Crippen MR) is 94.3 cm³/mol. The number of phenols is 1. The maximum absolute atomic E-state index is 10.4. The zero-order valence-electron chi connectivity index (χ0n) is 13.5. The Morgan fingerprint density at radius 3 is 2.62 bits per heavy atom. The lowest BCUT2D eigenvalue weighted by Gasteiger charge is -2.27. The van der Waals surface area contributed by atoms with E-state index in [2.05, 4.69) is 25.4 Å². The molecule has 0 amide bonds. The number of aromatic hydroxyl groups is 1. The molecule has 2 aromatic heterocycles. The fraction of sp³-hybridized carbons (Fsp3) is 0.278. The zero-order valence-corrected chi connectivity index (χ0v) is 13.5. The van der Waals surface area contributed by atoms with E-state index in [1.807, 2.05) is 37.4 Å². The van der Waals surface area contributed by atoms with Crippen molar-refractivity contribution in [1.82, 2.24) is 20.5 Å². The van der Waals surface area contributed by atoms with Crippen molar-refractivity contribution in [2.24, 2.45) is 0 Å². The second-order valence-electron chi connectivity index (χ2n) is 6.06. The van der Waals surface area contributed by atoms with E-state index in [1.54, 1.807) is 6.07 Å². The van der Waals surface area contributed by atoms with Crippen LogP contribution < -0.4 is 10.2 Å². The molecule has 1 fully saturated rings. The average molecular weight is 321 g/mol. The summed E-state index contributed by atoms with van der Waals surface area (Å²) in [4.78, 5) is 6.53. The summed E-state index contributed by atoms with van der Waals surface area (Å²) in [5, 5.41) is 24.3. The lowest BCUT2D eigenvalue weighted by atomic mass is 10.0. The third-order valence-corrected chi connectivity index (χ3v) is 4.34. The molecule has 0 radical (unpaired) electrons. The second-order valence-corrected chi connectivity index (χ2v) is 6.06. The van der Waals surface area contributed by atoms with Crippen molar-refractivity contribution in [3.8, 4) is 17.0 Å².